The number of hydrogen-bond donors (Lipinski definition) is 1. The van der Waals surface area contributed by atoms with Gasteiger partial charge >= 0.3 is 12.1 Å². The van der Waals surface area contributed by atoms with Crippen molar-refractivity contribution in [3.05, 3.63) is 35.9 Å². The summed E-state index contributed by atoms with van der Waals surface area (Å²) in [5.41, 5.74) is 0.0506. The Morgan fingerprint density at radius 1 is 1.07 bits per heavy atom. The first-order valence-corrected chi connectivity index (χ1v) is 10.1. The first kappa shape index (κ1) is 20.6. The van der Waals surface area contributed by atoms with Crippen LogP contribution in [0.2, 0.25) is 0 Å². The Balaban J connectivity index is 1.70. The number of nitrogens with one attached hydrogen (secondary N) is 1. The van der Waals surface area contributed by atoms with Crippen molar-refractivity contribution >= 4 is 12.1 Å². The van der Waals surface area contributed by atoms with Crippen LogP contribution in [-0.4, -0.2) is 54.4 Å². The number of alkyl carbamates (subject to hydrolysis) is 1. The van der Waals surface area contributed by atoms with E-state index in [0.717, 1.165) is 17.3 Å². The van der Waals surface area contributed by atoms with Crippen molar-refractivity contribution in [3.63, 3.8) is 0 Å². The van der Waals surface area contributed by atoms with Gasteiger partial charge in [0.05, 0.1) is 26.2 Å². The van der Waals surface area contributed by atoms with Crippen molar-refractivity contribution in [1.82, 2.24) is 5.32 Å². The number of piperidine rings is 1. The molecule has 2 bridgehead atoms. The Labute approximate surface area is 167 Å². The van der Waals surface area contributed by atoms with E-state index in [0.29, 0.717) is 17.6 Å². The first-order valence-electron chi connectivity index (χ1n) is 10.1. The average Bonchev–Trinajstić information content (AvgIpc) is 2.76. The van der Waals surface area contributed by atoms with Crippen LogP contribution in [0.3, 0.4) is 0 Å². The maximum absolute atomic E-state index is 13.0. The number of fused-ring (bicyclic) bond motifs is 2. The van der Waals surface area contributed by atoms with Gasteiger partial charge < -0.3 is 19.3 Å². The van der Waals surface area contributed by atoms with Gasteiger partial charge in [-0.15, -0.1) is 0 Å². The summed E-state index contributed by atoms with van der Waals surface area (Å²) < 4.78 is 12.3. The summed E-state index contributed by atoms with van der Waals surface area (Å²) in [7, 11) is 4.55. The van der Waals surface area contributed by atoms with Crippen molar-refractivity contribution in [2.24, 2.45) is 0 Å². The van der Waals surface area contributed by atoms with E-state index in [9.17, 15) is 9.59 Å². The highest BCUT2D eigenvalue weighted by molar-refractivity contribution is 5.83. The second-order valence-corrected chi connectivity index (χ2v) is 9.53. The Kier molecular flexibility index (Phi) is 5.71. The summed E-state index contributed by atoms with van der Waals surface area (Å²) in [6.45, 7) is 5.38. The Morgan fingerprint density at radius 3 is 2.18 bits per heavy atom. The molecule has 0 aromatic heterocycles. The van der Waals surface area contributed by atoms with Crippen LogP contribution in [0.4, 0.5) is 4.79 Å². The van der Waals surface area contributed by atoms with Crippen molar-refractivity contribution < 1.29 is 23.5 Å². The molecule has 2 saturated heterocycles. The number of nitrogens with zero attached hydrogens (tertiary/aromatic N) is 1. The molecule has 1 aromatic rings. The minimum absolute atomic E-state index is 0.0946. The van der Waals surface area contributed by atoms with E-state index in [-0.39, 0.29) is 6.10 Å². The van der Waals surface area contributed by atoms with E-state index in [1.165, 1.54) is 12.8 Å². The Hall–Kier alpha value is -2.08. The topological polar surface area (TPSA) is 64.6 Å². The van der Waals surface area contributed by atoms with Gasteiger partial charge in [0.15, 0.2) is 6.04 Å². The molecule has 6 nitrogen and oxygen atoms in total. The van der Waals surface area contributed by atoms with Gasteiger partial charge in [-0.3, -0.25) is 0 Å². The minimum atomic E-state index is -0.877. The van der Waals surface area contributed by atoms with Crippen molar-refractivity contribution in [2.45, 2.75) is 76.3 Å². The standard InChI is InChI=1S/C22H32N2O4/c1-22(2,3)28-21(26)23-19(15-9-7-6-8-10-15)20(25)27-18-13-16-11-12-17(14-18)24(16,4)5/h6-10,16-19H,11-14H2,1-5H3/p+1. The molecule has 28 heavy (non-hydrogen) atoms. The molecule has 2 aliphatic rings. The van der Waals surface area contributed by atoms with Crippen LogP contribution in [0.5, 0.6) is 0 Å². The maximum atomic E-state index is 13.0. The van der Waals surface area contributed by atoms with Gasteiger partial charge in [0.2, 0.25) is 0 Å². The van der Waals surface area contributed by atoms with Gasteiger partial charge in [-0.1, -0.05) is 30.3 Å². The summed E-state index contributed by atoms with van der Waals surface area (Å²) in [4.78, 5) is 25.3. The largest absolute Gasteiger partial charge is 0.460 e. The molecule has 2 aliphatic heterocycles. The van der Waals surface area contributed by atoms with Crippen molar-refractivity contribution in [2.75, 3.05) is 14.1 Å². The van der Waals surface area contributed by atoms with E-state index >= 15 is 0 Å². The normalized spacial score (nSPS) is 27.0. The molecule has 6 heteroatoms. The molecule has 0 saturated carbocycles. The summed E-state index contributed by atoms with van der Waals surface area (Å²) in [6.07, 6.45) is 3.41. The fourth-order valence-corrected chi connectivity index (χ4v) is 4.51. The zero-order valence-corrected chi connectivity index (χ0v) is 17.6. The van der Waals surface area contributed by atoms with Gasteiger partial charge in [-0.05, 0) is 26.3 Å². The van der Waals surface area contributed by atoms with Gasteiger partial charge in [0, 0.05) is 25.7 Å². The number of esters is 1. The summed E-state index contributed by atoms with van der Waals surface area (Å²) >= 11 is 0. The predicted octanol–water partition coefficient (Wildman–Crippen LogP) is 3.57. The lowest BCUT2D eigenvalue weighted by molar-refractivity contribution is -0.931. The number of rotatable bonds is 4. The number of benzene rings is 1. The van der Waals surface area contributed by atoms with Crippen molar-refractivity contribution in [3.8, 4) is 0 Å². The van der Waals surface area contributed by atoms with Crippen LogP contribution >= 0.6 is 0 Å². The molecule has 1 amide bonds. The van der Waals surface area contributed by atoms with Gasteiger partial charge in [-0.25, -0.2) is 9.59 Å². The fraction of sp³-hybridized carbons (Fsp3) is 0.636. The molecule has 1 N–H and O–H groups in total. The maximum Gasteiger partial charge on any atom is 0.408 e. The highest BCUT2D eigenvalue weighted by Crippen LogP contribution is 2.40. The highest BCUT2D eigenvalue weighted by Gasteiger charge is 2.50. The molecule has 154 valence electrons. The Bertz CT molecular complexity index is 695. The lowest BCUT2D eigenvalue weighted by atomic mass is 9.97. The van der Waals surface area contributed by atoms with Gasteiger partial charge in [0.1, 0.15) is 11.7 Å². The molecule has 3 rings (SSSR count). The smallest absolute Gasteiger partial charge is 0.408 e. The van der Waals surface area contributed by atoms with Crippen LogP contribution in [0.1, 0.15) is 58.1 Å². The second kappa shape index (κ2) is 7.74. The van der Waals surface area contributed by atoms with Gasteiger partial charge in [-0.2, -0.15) is 0 Å². The lowest BCUT2D eigenvalue weighted by Gasteiger charge is -2.44. The molecule has 1 aromatic carbocycles. The molecule has 0 aliphatic carbocycles. The third kappa shape index (κ3) is 4.66. The van der Waals surface area contributed by atoms with Crippen LogP contribution in [-0.2, 0) is 14.3 Å². The number of amides is 1. The SMILES string of the molecule is CC(C)(C)OC(=O)NC(C(=O)OC1CC2CCC(C1)[N+]2(C)C)c1ccccc1. The number of carbonyl (C=O) groups excluding carboxylic acids is 2. The van der Waals surface area contributed by atoms with Gasteiger partial charge in [0.25, 0.3) is 0 Å². The van der Waals surface area contributed by atoms with E-state index in [1.54, 1.807) is 20.8 Å². The lowest BCUT2D eigenvalue weighted by Crippen LogP contribution is -2.56. The third-order valence-electron chi connectivity index (χ3n) is 6.10. The molecule has 0 radical (unpaired) electrons. The molecule has 2 heterocycles. The number of ether oxygens (including phenoxy) is 2. The van der Waals surface area contributed by atoms with Crippen LogP contribution in [0, 0.1) is 0 Å². The monoisotopic (exact) mass is 389 g/mol. The number of carbonyl (C=O) groups is 2. The van der Waals surface area contributed by atoms with Crippen molar-refractivity contribution in [1.29, 1.82) is 0 Å². The number of hydrogen-bond acceptors (Lipinski definition) is 4. The Morgan fingerprint density at radius 2 is 1.64 bits per heavy atom. The van der Waals surface area contributed by atoms with E-state index in [2.05, 4.69) is 19.4 Å². The van der Waals surface area contributed by atoms with Crippen LogP contribution in [0.25, 0.3) is 0 Å². The molecule has 2 fully saturated rings. The number of quaternary nitrogens is 1. The predicted molar refractivity (Wildman–Crippen MR) is 107 cm³/mol. The van der Waals surface area contributed by atoms with E-state index in [4.69, 9.17) is 9.47 Å². The van der Waals surface area contributed by atoms with E-state index < -0.39 is 23.7 Å². The molecular weight excluding hydrogens is 356 g/mol. The molecule has 0 spiro atoms. The summed E-state index contributed by atoms with van der Waals surface area (Å²) in [6, 6.07) is 9.37. The van der Waals surface area contributed by atoms with E-state index in [1.807, 2.05) is 30.3 Å². The average molecular weight is 390 g/mol. The quantitative estimate of drug-likeness (QED) is 0.632. The zero-order chi connectivity index (χ0) is 20.5. The molecule has 3 unspecified atom stereocenters. The molecular formula is C22H33N2O4+. The fourth-order valence-electron chi connectivity index (χ4n) is 4.51. The molecule has 3 atom stereocenters. The van der Waals surface area contributed by atoms with Crippen LogP contribution < -0.4 is 5.32 Å². The minimum Gasteiger partial charge on any atom is -0.460 e. The summed E-state index contributed by atoms with van der Waals surface area (Å²) in [5, 5.41) is 2.69. The summed E-state index contributed by atoms with van der Waals surface area (Å²) in [5.74, 6) is -0.423. The first-order chi connectivity index (χ1) is 13.1. The second-order valence-electron chi connectivity index (χ2n) is 9.53. The van der Waals surface area contributed by atoms with Crippen LogP contribution in [0.15, 0.2) is 30.3 Å². The third-order valence-corrected chi connectivity index (χ3v) is 6.10. The highest BCUT2D eigenvalue weighted by atomic mass is 16.6. The zero-order valence-electron chi connectivity index (χ0n) is 17.6.